The van der Waals surface area contributed by atoms with Gasteiger partial charge in [0.2, 0.25) is 5.91 Å². The minimum atomic E-state index is -0.757. The van der Waals surface area contributed by atoms with Crippen LogP contribution in [-0.4, -0.2) is 29.3 Å². The van der Waals surface area contributed by atoms with Crippen LogP contribution < -0.4 is 16.0 Å². The number of carbonyl (C=O) groups is 3. The van der Waals surface area contributed by atoms with Crippen molar-refractivity contribution in [3.05, 3.63) is 63.6 Å². The fourth-order valence-corrected chi connectivity index (χ4v) is 4.42. The van der Waals surface area contributed by atoms with Crippen molar-refractivity contribution >= 4 is 52.0 Å². The van der Waals surface area contributed by atoms with Crippen molar-refractivity contribution in [2.24, 2.45) is 0 Å². The molecule has 4 rings (SSSR count). The Bertz CT molecular complexity index is 1170. The Balaban J connectivity index is 1.30. The monoisotopic (exact) mass is 454 g/mol. The van der Waals surface area contributed by atoms with Gasteiger partial charge in [-0.15, -0.1) is 11.3 Å². The molecule has 3 amide bonds. The number of hydrogen-bond acceptors (Lipinski definition) is 5. The van der Waals surface area contributed by atoms with Gasteiger partial charge in [0.15, 0.2) is 0 Å². The van der Waals surface area contributed by atoms with Crippen LogP contribution in [0.2, 0.25) is 5.02 Å². The van der Waals surface area contributed by atoms with Crippen molar-refractivity contribution in [3.8, 4) is 10.6 Å². The van der Waals surface area contributed by atoms with Gasteiger partial charge >= 0.3 is 11.8 Å². The summed E-state index contributed by atoms with van der Waals surface area (Å²) in [6.07, 6.45) is 0.891. The van der Waals surface area contributed by atoms with Gasteiger partial charge in [-0.25, -0.2) is 4.98 Å². The average molecular weight is 455 g/mol. The number of benzene rings is 2. The number of nitrogens with zero attached hydrogens (tertiary/aromatic N) is 1. The maximum absolute atomic E-state index is 12.2. The van der Waals surface area contributed by atoms with Crippen LogP contribution in [0.1, 0.15) is 16.1 Å². The molecular formula is C22H19ClN4O3S. The van der Waals surface area contributed by atoms with Gasteiger partial charge in [-0.1, -0.05) is 29.8 Å². The van der Waals surface area contributed by atoms with Crippen LogP contribution in [0.15, 0.2) is 42.5 Å². The molecular weight excluding hydrogens is 436 g/mol. The Labute approximate surface area is 187 Å². The van der Waals surface area contributed by atoms with Gasteiger partial charge < -0.3 is 16.0 Å². The van der Waals surface area contributed by atoms with E-state index in [1.165, 1.54) is 0 Å². The summed E-state index contributed by atoms with van der Waals surface area (Å²) in [5.74, 6) is -1.56. The predicted octanol–water partition coefficient (Wildman–Crippen LogP) is 3.56. The third-order valence-electron chi connectivity index (χ3n) is 4.82. The molecule has 1 aliphatic rings. The summed E-state index contributed by atoms with van der Waals surface area (Å²) in [6.45, 7) is 2.24. The summed E-state index contributed by atoms with van der Waals surface area (Å²) in [5.41, 5.74) is 3.85. The fourth-order valence-electron chi connectivity index (χ4n) is 3.23. The Morgan fingerprint density at radius 3 is 2.71 bits per heavy atom. The second kappa shape index (κ2) is 8.87. The van der Waals surface area contributed by atoms with Crippen molar-refractivity contribution in [1.29, 1.82) is 0 Å². The first-order valence-corrected chi connectivity index (χ1v) is 10.8. The summed E-state index contributed by atoms with van der Waals surface area (Å²) < 4.78 is 0. The smallest absolute Gasteiger partial charge is 0.313 e. The minimum absolute atomic E-state index is 0.0891. The molecule has 1 aliphatic heterocycles. The van der Waals surface area contributed by atoms with E-state index >= 15 is 0 Å². The van der Waals surface area contributed by atoms with Crippen molar-refractivity contribution in [1.82, 2.24) is 10.3 Å². The highest BCUT2D eigenvalue weighted by molar-refractivity contribution is 7.15. The van der Waals surface area contributed by atoms with E-state index in [0.29, 0.717) is 35.8 Å². The van der Waals surface area contributed by atoms with Crippen molar-refractivity contribution in [3.63, 3.8) is 0 Å². The minimum Gasteiger partial charge on any atom is -0.347 e. The molecule has 0 fully saturated rings. The van der Waals surface area contributed by atoms with Crippen LogP contribution in [0.4, 0.5) is 11.4 Å². The van der Waals surface area contributed by atoms with Crippen LogP contribution in [-0.2, 0) is 27.2 Å². The maximum Gasteiger partial charge on any atom is 0.313 e. The molecule has 3 aromatic rings. The fraction of sp³-hybridized carbons (Fsp3) is 0.182. The molecule has 0 saturated carbocycles. The molecule has 158 valence electrons. The third kappa shape index (κ3) is 4.92. The van der Waals surface area contributed by atoms with E-state index in [2.05, 4.69) is 20.9 Å². The summed E-state index contributed by atoms with van der Waals surface area (Å²) in [4.78, 5) is 41.4. The number of halogens is 1. The molecule has 9 heteroatoms. The number of nitrogens with one attached hydrogen (secondary N) is 3. The number of amides is 3. The normalized spacial score (nSPS) is 12.3. The molecule has 0 saturated heterocycles. The van der Waals surface area contributed by atoms with Gasteiger partial charge in [-0.2, -0.15) is 0 Å². The number of carbonyl (C=O) groups excluding carboxylic acids is 3. The van der Waals surface area contributed by atoms with E-state index in [1.54, 1.807) is 29.5 Å². The molecule has 0 radical (unpaired) electrons. The second-order valence-corrected chi connectivity index (χ2v) is 8.61. The molecule has 3 N–H and O–H groups in total. The Morgan fingerprint density at radius 1 is 1.16 bits per heavy atom. The number of aryl methyl sites for hydroxylation is 1. The Hall–Kier alpha value is -3.23. The van der Waals surface area contributed by atoms with Crippen LogP contribution in [0.25, 0.3) is 10.6 Å². The first-order chi connectivity index (χ1) is 14.9. The van der Waals surface area contributed by atoms with Gasteiger partial charge in [0.1, 0.15) is 5.01 Å². The summed E-state index contributed by atoms with van der Waals surface area (Å²) in [7, 11) is 0. The lowest BCUT2D eigenvalue weighted by Crippen LogP contribution is -2.36. The molecule has 0 atom stereocenters. The number of thiazole rings is 1. The van der Waals surface area contributed by atoms with Gasteiger partial charge in [-0.05, 0) is 36.8 Å². The van der Waals surface area contributed by atoms with E-state index < -0.39 is 11.8 Å². The van der Waals surface area contributed by atoms with E-state index in [4.69, 9.17) is 11.6 Å². The predicted molar refractivity (Wildman–Crippen MR) is 121 cm³/mol. The standard InChI is InChI=1S/C22H19ClN4O3S/c1-12-18(31-22(25-12)13-2-5-15(23)6-3-13)8-9-24-20(29)21(30)26-16-7-4-14-10-19(28)27-17(14)11-16/h2-7,11H,8-10H2,1H3,(H,24,29)(H,26,30)(H,27,28). The quantitative estimate of drug-likeness (QED) is 0.513. The molecule has 0 unspecified atom stereocenters. The van der Waals surface area contributed by atoms with E-state index in [9.17, 15) is 14.4 Å². The number of anilines is 2. The maximum atomic E-state index is 12.2. The van der Waals surface area contributed by atoms with Gasteiger partial charge in [0.05, 0.1) is 12.1 Å². The van der Waals surface area contributed by atoms with Crippen LogP contribution in [0.3, 0.4) is 0 Å². The van der Waals surface area contributed by atoms with E-state index in [0.717, 1.165) is 26.7 Å². The van der Waals surface area contributed by atoms with Crippen LogP contribution in [0, 0.1) is 6.92 Å². The van der Waals surface area contributed by atoms with Crippen LogP contribution >= 0.6 is 22.9 Å². The molecule has 0 spiro atoms. The second-order valence-electron chi connectivity index (χ2n) is 7.09. The molecule has 1 aromatic heterocycles. The number of rotatable bonds is 5. The molecule has 7 nitrogen and oxygen atoms in total. The summed E-state index contributed by atoms with van der Waals surface area (Å²) >= 11 is 7.49. The lowest BCUT2D eigenvalue weighted by Gasteiger charge is -2.08. The largest absolute Gasteiger partial charge is 0.347 e. The zero-order valence-corrected chi connectivity index (χ0v) is 18.2. The topological polar surface area (TPSA) is 100 Å². The molecule has 2 heterocycles. The first kappa shape index (κ1) is 21.0. The van der Waals surface area contributed by atoms with Crippen molar-refractivity contribution in [2.45, 2.75) is 19.8 Å². The van der Waals surface area contributed by atoms with Crippen molar-refractivity contribution in [2.75, 3.05) is 17.2 Å². The molecule has 0 aliphatic carbocycles. The van der Waals surface area contributed by atoms with Crippen LogP contribution in [0.5, 0.6) is 0 Å². The summed E-state index contributed by atoms with van der Waals surface area (Å²) in [6, 6.07) is 12.5. The number of hydrogen-bond donors (Lipinski definition) is 3. The Morgan fingerprint density at radius 2 is 1.94 bits per heavy atom. The lowest BCUT2D eigenvalue weighted by atomic mass is 10.1. The van der Waals surface area contributed by atoms with Gasteiger partial charge in [0.25, 0.3) is 0 Å². The van der Waals surface area contributed by atoms with Crippen molar-refractivity contribution < 1.29 is 14.4 Å². The van der Waals surface area contributed by atoms with E-state index in [-0.39, 0.29) is 5.91 Å². The lowest BCUT2D eigenvalue weighted by molar-refractivity contribution is -0.136. The summed E-state index contributed by atoms with van der Waals surface area (Å²) in [5, 5.41) is 9.46. The molecule has 2 aromatic carbocycles. The average Bonchev–Trinajstić information content (AvgIpc) is 3.29. The highest BCUT2D eigenvalue weighted by atomic mass is 35.5. The molecule has 0 bridgehead atoms. The third-order valence-corrected chi connectivity index (χ3v) is 6.34. The first-order valence-electron chi connectivity index (χ1n) is 9.63. The zero-order chi connectivity index (χ0) is 22.0. The highest BCUT2D eigenvalue weighted by Crippen LogP contribution is 2.29. The Kier molecular flexibility index (Phi) is 6.01. The number of aromatic nitrogens is 1. The highest BCUT2D eigenvalue weighted by Gasteiger charge is 2.19. The van der Waals surface area contributed by atoms with E-state index in [1.807, 2.05) is 31.2 Å². The van der Waals surface area contributed by atoms with Gasteiger partial charge in [-0.3, -0.25) is 14.4 Å². The number of fused-ring (bicyclic) bond motifs is 1. The zero-order valence-electron chi connectivity index (χ0n) is 16.6. The molecule has 31 heavy (non-hydrogen) atoms. The SMILES string of the molecule is Cc1nc(-c2ccc(Cl)cc2)sc1CCNC(=O)C(=O)Nc1ccc2c(c1)NC(=O)C2. The van der Waals surface area contributed by atoms with Gasteiger partial charge in [0, 0.05) is 39.8 Å².